The molecule has 0 aromatic heterocycles. The lowest BCUT2D eigenvalue weighted by Gasteiger charge is -2.18. The SMILES string of the molecule is Cc1ccc(S(=O)(=O)/N=C\C(C)(C)CCCC#C[Si](C)(C)C)cc1. The number of unbranched alkanes of at least 4 members (excludes halogenated alkanes) is 1. The molecule has 0 spiro atoms. The molecule has 0 radical (unpaired) electrons. The van der Waals surface area contributed by atoms with Crippen molar-refractivity contribution in [3.63, 3.8) is 0 Å². The molecule has 0 aliphatic heterocycles. The van der Waals surface area contributed by atoms with E-state index in [0.717, 1.165) is 24.8 Å². The van der Waals surface area contributed by atoms with Crippen LogP contribution in [-0.4, -0.2) is 22.7 Å². The normalized spacial score (nSPS) is 12.9. The van der Waals surface area contributed by atoms with E-state index < -0.39 is 18.1 Å². The zero-order valence-corrected chi connectivity index (χ0v) is 17.5. The molecule has 0 N–H and O–H groups in total. The quantitative estimate of drug-likeness (QED) is 0.314. The van der Waals surface area contributed by atoms with E-state index in [2.05, 4.69) is 35.5 Å². The third-order valence-electron chi connectivity index (χ3n) is 3.45. The van der Waals surface area contributed by atoms with Crippen molar-refractivity contribution in [2.24, 2.45) is 9.81 Å². The number of aryl methyl sites for hydroxylation is 1. The Hall–Kier alpha value is -1.38. The molecule has 0 atom stereocenters. The number of benzene rings is 1. The fourth-order valence-electron chi connectivity index (χ4n) is 2.01. The van der Waals surface area contributed by atoms with E-state index in [4.69, 9.17) is 0 Å². The Bertz CT molecular complexity index is 730. The van der Waals surface area contributed by atoms with Crippen molar-refractivity contribution in [2.45, 2.75) is 64.6 Å². The maximum atomic E-state index is 12.3. The van der Waals surface area contributed by atoms with Crippen molar-refractivity contribution in [3.05, 3.63) is 29.8 Å². The van der Waals surface area contributed by atoms with Crippen LogP contribution in [0.15, 0.2) is 33.6 Å². The molecule has 1 aromatic carbocycles. The molecule has 5 heteroatoms. The summed E-state index contributed by atoms with van der Waals surface area (Å²) in [5, 5.41) is 0. The summed E-state index contributed by atoms with van der Waals surface area (Å²) in [5.41, 5.74) is 4.11. The van der Waals surface area contributed by atoms with E-state index in [0.29, 0.717) is 0 Å². The summed E-state index contributed by atoms with van der Waals surface area (Å²) in [4.78, 5) is 0.237. The second kappa shape index (κ2) is 8.13. The third-order valence-corrected chi connectivity index (χ3v) is 5.62. The van der Waals surface area contributed by atoms with Gasteiger partial charge in [0.2, 0.25) is 0 Å². The summed E-state index contributed by atoms with van der Waals surface area (Å²) < 4.78 is 28.4. The van der Waals surface area contributed by atoms with E-state index in [1.807, 2.05) is 20.8 Å². The van der Waals surface area contributed by atoms with E-state index in [-0.39, 0.29) is 10.3 Å². The number of hydrogen-bond acceptors (Lipinski definition) is 2. The first-order valence-electron chi connectivity index (χ1n) is 8.30. The molecular formula is C19H29NO2SSi. The van der Waals surface area contributed by atoms with Crippen molar-refractivity contribution < 1.29 is 8.42 Å². The molecule has 0 bridgehead atoms. The lowest BCUT2D eigenvalue weighted by Crippen LogP contribution is -2.16. The van der Waals surface area contributed by atoms with Crippen LogP contribution in [0.25, 0.3) is 0 Å². The Labute approximate surface area is 148 Å². The van der Waals surface area contributed by atoms with Crippen LogP contribution in [0.3, 0.4) is 0 Å². The molecule has 0 saturated carbocycles. The molecule has 0 aliphatic rings. The average molecular weight is 364 g/mol. The van der Waals surface area contributed by atoms with Crippen LogP contribution in [0.4, 0.5) is 0 Å². The summed E-state index contributed by atoms with van der Waals surface area (Å²) in [6.45, 7) is 12.6. The molecule has 0 heterocycles. The molecular weight excluding hydrogens is 334 g/mol. The van der Waals surface area contributed by atoms with E-state index in [1.165, 1.54) is 0 Å². The van der Waals surface area contributed by atoms with Gasteiger partial charge in [-0.05, 0) is 31.9 Å². The molecule has 1 rings (SSSR count). The van der Waals surface area contributed by atoms with Crippen LogP contribution in [-0.2, 0) is 10.0 Å². The lowest BCUT2D eigenvalue weighted by molar-refractivity contribution is 0.471. The smallest absolute Gasteiger partial charge is 0.199 e. The monoisotopic (exact) mass is 363 g/mol. The summed E-state index contributed by atoms with van der Waals surface area (Å²) >= 11 is 0. The predicted octanol–water partition coefficient (Wildman–Crippen LogP) is 4.83. The average Bonchev–Trinajstić information content (AvgIpc) is 2.44. The van der Waals surface area contributed by atoms with E-state index in [9.17, 15) is 8.42 Å². The van der Waals surface area contributed by atoms with Crippen molar-refractivity contribution in [1.29, 1.82) is 0 Å². The Morgan fingerprint density at radius 3 is 2.29 bits per heavy atom. The Morgan fingerprint density at radius 2 is 1.75 bits per heavy atom. The molecule has 0 fully saturated rings. The molecule has 0 saturated heterocycles. The summed E-state index contributed by atoms with van der Waals surface area (Å²) in [5.74, 6) is 3.25. The number of rotatable bonds is 6. The highest BCUT2D eigenvalue weighted by Gasteiger charge is 2.18. The van der Waals surface area contributed by atoms with Gasteiger partial charge >= 0.3 is 0 Å². The Balaban J connectivity index is 2.66. The van der Waals surface area contributed by atoms with Crippen LogP contribution in [0, 0.1) is 23.8 Å². The minimum Gasteiger partial charge on any atom is -0.199 e. The van der Waals surface area contributed by atoms with Crippen LogP contribution in [0.2, 0.25) is 19.6 Å². The molecule has 24 heavy (non-hydrogen) atoms. The van der Waals surface area contributed by atoms with Crippen molar-refractivity contribution in [3.8, 4) is 11.5 Å². The highest BCUT2D eigenvalue weighted by Crippen LogP contribution is 2.22. The van der Waals surface area contributed by atoms with Crippen LogP contribution < -0.4 is 0 Å². The largest absolute Gasteiger partial charge is 0.281 e. The van der Waals surface area contributed by atoms with Gasteiger partial charge in [0.15, 0.2) is 0 Å². The van der Waals surface area contributed by atoms with Crippen LogP contribution >= 0.6 is 0 Å². The minimum atomic E-state index is -3.62. The Kier molecular flexibility index (Phi) is 7.00. The van der Waals surface area contributed by atoms with Crippen molar-refractivity contribution >= 4 is 24.3 Å². The Morgan fingerprint density at radius 1 is 1.17 bits per heavy atom. The summed E-state index contributed by atoms with van der Waals surface area (Å²) in [7, 11) is -4.92. The second-order valence-corrected chi connectivity index (χ2v) is 14.3. The van der Waals surface area contributed by atoms with Gasteiger partial charge < -0.3 is 0 Å². The van der Waals surface area contributed by atoms with Crippen molar-refractivity contribution in [1.82, 2.24) is 0 Å². The first kappa shape index (κ1) is 20.7. The molecule has 0 unspecified atom stereocenters. The fraction of sp³-hybridized carbons (Fsp3) is 0.526. The van der Waals surface area contributed by atoms with Gasteiger partial charge in [-0.3, -0.25) is 0 Å². The molecule has 3 nitrogen and oxygen atoms in total. The standard InChI is InChI=1S/C19H29NO2SSi/c1-17-10-12-18(13-11-17)23(21,22)20-16-19(2,3)14-8-7-9-15-24(4,5)6/h10-13,16H,7-8,14H2,1-6H3/b20-16-. The zero-order valence-electron chi connectivity index (χ0n) is 15.7. The first-order valence-corrected chi connectivity index (χ1v) is 13.2. The van der Waals surface area contributed by atoms with Gasteiger partial charge in [-0.2, -0.15) is 12.8 Å². The van der Waals surface area contributed by atoms with E-state index >= 15 is 0 Å². The molecule has 1 aromatic rings. The second-order valence-electron chi connectivity index (χ2n) is 7.92. The highest BCUT2D eigenvalue weighted by molar-refractivity contribution is 7.90. The van der Waals surface area contributed by atoms with Gasteiger partial charge in [0.05, 0.1) is 4.90 Å². The van der Waals surface area contributed by atoms with Crippen LogP contribution in [0.5, 0.6) is 0 Å². The number of sulfonamides is 1. The predicted molar refractivity (Wildman–Crippen MR) is 106 cm³/mol. The maximum Gasteiger partial charge on any atom is 0.281 e. The minimum absolute atomic E-state index is 0.237. The van der Waals surface area contributed by atoms with Gasteiger partial charge in [0.25, 0.3) is 10.0 Å². The highest BCUT2D eigenvalue weighted by atomic mass is 32.2. The molecule has 0 aliphatic carbocycles. The van der Waals surface area contributed by atoms with Gasteiger partial charge in [-0.15, -0.1) is 11.5 Å². The summed E-state index contributed by atoms with van der Waals surface area (Å²) in [6.07, 6.45) is 4.22. The molecule has 132 valence electrons. The summed E-state index contributed by atoms with van der Waals surface area (Å²) in [6, 6.07) is 6.76. The van der Waals surface area contributed by atoms with Crippen molar-refractivity contribution in [2.75, 3.05) is 0 Å². The van der Waals surface area contributed by atoms with Crippen LogP contribution in [0.1, 0.15) is 38.7 Å². The topological polar surface area (TPSA) is 46.5 Å². The maximum absolute atomic E-state index is 12.3. The zero-order chi connectivity index (χ0) is 18.4. The lowest BCUT2D eigenvalue weighted by atomic mass is 9.89. The number of nitrogens with zero attached hydrogens (tertiary/aromatic N) is 1. The van der Waals surface area contributed by atoms with Gasteiger partial charge in [-0.25, -0.2) is 0 Å². The van der Waals surface area contributed by atoms with Gasteiger partial charge in [-0.1, -0.05) is 51.2 Å². The van der Waals surface area contributed by atoms with Gasteiger partial charge in [0.1, 0.15) is 8.07 Å². The third kappa shape index (κ3) is 7.94. The number of hydrogen-bond donors (Lipinski definition) is 0. The first-order chi connectivity index (χ1) is 10.9. The van der Waals surface area contributed by atoms with E-state index in [1.54, 1.807) is 30.5 Å². The fourth-order valence-corrected chi connectivity index (χ4v) is 3.69. The van der Waals surface area contributed by atoms with Gasteiger partial charge in [0, 0.05) is 18.1 Å². The molecule has 0 amide bonds.